The van der Waals surface area contributed by atoms with Crippen LogP contribution < -0.4 is 5.32 Å². The average Bonchev–Trinajstić information content (AvgIpc) is 2.74. The maximum absolute atomic E-state index is 13.1. The van der Waals surface area contributed by atoms with Crippen molar-refractivity contribution in [2.75, 3.05) is 13.1 Å². The van der Waals surface area contributed by atoms with E-state index >= 15 is 0 Å². The van der Waals surface area contributed by atoms with E-state index in [-0.39, 0.29) is 0 Å². The summed E-state index contributed by atoms with van der Waals surface area (Å²) >= 11 is 0. The molecule has 2 heterocycles. The van der Waals surface area contributed by atoms with Crippen molar-refractivity contribution in [3.63, 3.8) is 0 Å². The van der Waals surface area contributed by atoms with E-state index in [2.05, 4.69) is 10.4 Å². The third-order valence-corrected chi connectivity index (χ3v) is 2.49. The molecule has 0 aromatic carbocycles. The maximum Gasteiger partial charge on any atom is 0.139 e. The van der Waals surface area contributed by atoms with Gasteiger partial charge in [-0.2, -0.15) is 5.10 Å². The van der Waals surface area contributed by atoms with E-state index in [1.165, 1.54) is 0 Å². The second-order valence-electron chi connectivity index (χ2n) is 3.46. The molecule has 2 unspecified atom stereocenters. The van der Waals surface area contributed by atoms with E-state index in [4.69, 9.17) is 0 Å². The van der Waals surface area contributed by atoms with Crippen molar-refractivity contribution in [1.29, 1.82) is 0 Å². The van der Waals surface area contributed by atoms with E-state index in [1.54, 1.807) is 19.2 Å². The second-order valence-corrected chi connectivity index (χ2v) is 3.46. The van der Waals surface area contributed by atoms with Crippen LogP contribution in [0.3, 0.4) is 0 Å². The van der Waals surface area contributed by atoms with Crippen LogP contribution in [0.2, 0.25) is 0 Å². The summed E-state index contributed by atoms with van der Waals surface area (Å²) in [7, 11) is 0. The van der Waals surface area contributed by atoms with Gasteiger partial charge in [-0.15, -0.1) is 0 Å². The smallest absolute Gasteiger partial charge is 0.139 e. The van der Waals surface area contributed by atoms with Crippen molar-refractivity contribution in [2.45, 2.75) is 25.6 Å². The molecule has 1 aliphatic rings. The minimum absolute atomic E-state index is 0.336. The van der Waals surface area contributed by atoms with Crippen molar-refractivity contribution < 1.29 is 4.39 Å². The highest BCUT2D eigenvalue weighted by molar-refractivity contribution is 5.05. The third-order valence-electron chi connectivity index (χ3n) is 2.49. The number of aromatic nitrogens is 2. The van der Waals surface area contributed by atoms with E-state index in [9.17, 15) is 4.39 Å². The van der Waals surface area contributed by atoms with Crippen LogP contribution in [0.15, 0.2) is 12.3 Å². The molecule has 0 saturated carbocycles. The first-order valence-corrected chi connectivity index (χ1v) is 4.67. The van der Waals surface area contributed by atoms with E-state index in [0.717, 1.165) is 19.5 Å². The number of hydrogen-bond acceptors (Lipinski definition) is 2. The standard InChI is InChI=1S/C9H14FN3/c1-7(10)9-3-5-12-13(9)8-2-4-11-6-8/h3,5,7-8,11H,2,4,6H2,1H3. The first kappa shape index (κ1) is 8.69. The Bertz CT molecular complexity index is 276. The minimum Gasteiger partial charge on any atom is -0.315 e. The molecule has 72 valence electrons. The van der Waals surface area contributed by atoms with E-state index < -0.39 is 6.17 Å². The summed E-state index contributed by atoms with van der Waals surface area (Å²) in [5.74, 6) is 0. The van der Waals surface area contributed by atoms with Crippen molar-refractivity contribution in [2.24, 2.45) is 0 Å². The summed E-state index contributed by atoms with van der Waals surface area (Å²) < 4.78 is 14.9. The molecule has 0 bridgehead atoms. The Hall–Kier alpha value is -0.900. The second kappa shape index (κ2) is 3.46. The molecule has 0 radical (unpaired) electrons. The zero-order chi connectivity index (χ0) is 9.26. The Balaban J connectivity index is 2.23. The van der Waals surface area contributed by atoms with Crippen molar-refractivity contribution in [3.05, 3.63) is 18.0 Å². The minimum atomic E-state index is -0.928. The van der Waals surface area contributed by atoms with Gasteiger partial charge in [0.25, 0.3) is 0 Å². The van der Waals surface area contributed by atoms with Crippen molar-refractivity contribution in [1.82, 2.24) is 15.1 Å². The number of nitrogens with zero attached hydrogens (tertiary/aromatic N) is 2. The molecule has 2 rings (SSSR count). The highest BCUT2D eigenvalue weighted by Gasteiger charge is 2.21. The number of rotatable bonds is 2. The highest BCUT2D eigenvalue weighted by Crippen LogP contribution is 2.22. The Morgan fingerprint density at radius 2 is 2.62 bits per heavy atom. The predicted molar refractivity (Wildman–Crippen MR) is 48.3 cm³/mol. The lowest BCUT2D eigenvalue weighted by Crippen LogP contribution is -2.16. The van der Waals surface area contributed by atoms with Crippen LogP contribution in [0.25, 0.3) is 0 Å². The van der Waals surface area contributed by atoms with Gasteiger partial charge >= 0.3 is 0 Å². The molecule has 1 N–H and O–H groups in total. The van der Waals surface area contributed by atoms with Crippen molar-refractivity contribution >= 4 is 0 Å². The quantitative estimate of drug-likeness (QED) is 0.752. The van der Waals surface area contributed by atoms with Gasteiger partial charge in [0.1, 0.15) is 6.17 Å². The van der Waals surface area contributed by atoms with Crippen molar-refractivity contribution in [3.8, 4) is 0 Å². The van der Waals surface area contributed by atoms with E-state index in [1.807, 2.05) is 4.68 Å². The van der Waals surface area contributed by atoms with Gasteiger partial charge in [0, 0.05) is 12.7 Å². The monoisotopic (exact) mass is 183 g/mol. The molecule has 0 amide bonds. The van der Waals surface area contributed by atoms with Gasteiger partial charge < -0.3 is 5.32 Å². The molecule has 1 aliphatic heterocycles. The van der Waals surface area contributed by atoms with Gasteiger partial charge in [-0.25, -0.2) is 4.39 Å². The Morgan fingerprint density at radius 1 is 1.77 bits per heavy atom. The molecular weight excluding hydrogens is 169 g/mol. The Morgan fingerprint density at radius 3 is 3.23 bits per heavy atom. The number of halogens is 1. The van der Waals surface area contributed by atoms with Gasteiger partial charge in [0.2, 0.25) is 0 Å². The third kappa shape index (κ3) is 1.58. The lowest BCUT2D eigenvalue weighted by Gasteiger charge is -2.13. The SMILES string of the molecule is CC(F)c1ccnn1C1CCNC1. The molecule has 1 saturated heterocycles. The average molecular weight is 183 g/mol. The fraction of sp³-hybridized carbons (Fsp3) is 0.667. The van der Waals surface area contributed by atoms with Crippen LogP contribution in [0.4, 0.5) is 4.39 Å². The molecule has 1 fully saturated rings. The van der Waals surface area contributed by atoms with Crippen LogP contribution >= 0.6 is 0 Å². The highest BCUT2D eigenvalue weighted by atomic mass is 19.1. The molecule has 4 heteroatoms. The summed E-state index contributed by atoms with van der Waals surface area (Å²) in [5.41, 5.74) is 0.689. The topological polar surface area (TPSA) is 29.9 Å². The van der Waals surface area contributed by atoms with Gasteiger partial charge in [0.15, 0.2) is 0 Å². The lowest BCUT2D eigenvalue weighted by molar-refractivity contribution is 0.333. The molecule has 1 aromatic heterocycles. The van der Waals surface area contributed by atoms with Crippen LogP contribution in [-0.4, -0.2) is 22.9 Å². The Labute approximate surface area is 76.9 Å². The molecular formula is C9H14FN3. The largest absolute Gasteiger partial charge is 0.315 e. The maximum atomic E-state index is 13.1. The Kier molecular flexibility index (Phi) is 2.31. The first-order valence-electron chi connectivity index (χ1n) is 4.67. The molecule has 0 spiro atoms. The molecule has 0 aliphatic carbocycles. The molecule has 1 aromatic rings. The summed E-state index contributed by atoms with van der Waals surface area (Å²) in [6, 6.07) is 2.09. The summed E-state index contributed by atoms with van der Waals surface area (Å²) in [6.07, 6.45) is 1.79. The normalized spacial score (nSPS) is 24.9. The van der Waals surface area contributed by atoms with Crippen LogP contribution in [-0.2, 0) is 0 Å². The van der Waals surface area contributed by atoms with Crippen LogP contribution in [0, 0.1) is 0 Å². The van der Waals surface area contributed by atoms with Gasteiger partial charge in [-0.3, -0.25) is 4.68 Å². The zero-order valence-electron chi connectivity index (χ0n) is 7.70. The fourth-order valence-corrected chi connectivity index (χ4v) is 1.79. The van der Waals surface area contributed by atoms with Gasteiger partial charge in [-0.1, -0.05) is 0 Å². The first-order chi connectivity index (χ1) is 6.29. The number of hydrogen-bond donors (Lipinski definition) is 1. The molecule has 13 heavy (non-hydrogen) atoms. The number of alkyl halides is 1. The van der Waals surface area contributed by atoms with E-state index in [0.29, 0.717) is 11.7 Å². The zero-order valence-corrected chi connectivity index (χ0v) is 7.70. The molecule has 2 atom stereocenters. The summed E-state index contributed by atoms with van der Waals surface area (Å²) in [4.78, 5) is 0. The molecule has 3 nitrogen and oxygen atoms in total. The van der Waals surface area contributed by atoms with Crippen LogP contribution in [0.1, 0.15) is 31.3 Å². The predicted octanol–water partition coefficient (Wildman–Crippen LogP) is 1.45. The summed E-state index contributed by atoms with van der Waals surface area (Å²) in [6.45, 7) is 3.46. The lowest BCUT2D eigenvalue weighted by atomic mass is 10.2. The van der Waals surface area contributed by atoms with Gasteiger partial charge in [0.05, 0.1) is 11.7 Å². The summed E-state index contributed by atoms with van der Waals surface area (Å²) in [5, 5.41) is 7.40. The number of nitrogens with one attached hydrogen (secondary N) is 1. The van der Waals surface area contributed by atoms with Gasteiger partial charge in [-0.05, 0) is 26.0 Å². The van der Waals surface area contributed by atoms with Crippen LogP contribution in [0.5, 0.6) is 0 Å². The fourth-order valence-electron chi connectivity index (χ4n) is 1.79.